The fourth-order valence-corrected chi connectivity index (χ4v) is 5.18. The number of anilines is 2. The summed E-state index contributed by atoms with van der Waals surface area (Å²) in [6.45, 7) is 1.70. The molecule has 4 rings (SSSR count). The van der Waals surface area contributed by atoms with E-state index in [0.717, 1.165) is 21.8 Å². The lowest BCUT2D eigenvalue weighted by molar-refractivity contribution is -0.115. The van der Waals surface area contributed by atoms with E-state index in [4.69, 9.17) is 5.14 Å². The molecule has 1 aliphatic rings. The molecule has 0 aliphatic carbocycles. The van der Waals surface area contributed by atoms with Crippen molar-refractivity contribution in [2.24, 2.45) is 10.1 Å². The molecule has 11 heteroatoms. The van der Waals surface area contributed by atoms with Crippen LogP contribution >= 0.6 is 27.7 Å². The highest BCUT2D eigenvalue weighted by atomic mass is 79.9. The van der Waals surface area contributed by atoms with Gasteiger partial charge in [-0.1, -0.05) is 58.0 Å². The molecule has 0 spiro atoms. The molecule has 3 aromatic carbocycles. The van der Waals surface area contributed by atoms with Crippen LogP contribution in [-0.4, -0.2) is 30.6 Å². The molecule has 1 unspecified atom stereocenters. The Balaban J connectivity index is 1.57. The number of nitrogens with zero attached hydrogens (tertiary/aromatic N) is 2. The van der Waals surface area contributed by atoms with Gasteiger partial charge in [0.05, 0.1) is 15.8 Å². The van der Waals surface area contributed by atoms with Gasteiger partial charge in [-0.3, -0.25) is 14.5 Å². The number of nitrogens with one attached hydrogen (secondary N) is 1. The molecule has 0 fully saturated rings. The number of benzene rings is 3. The molecule has 1 atom stereocenters. The number of para-hydroxylation sites is 1. The molecule has 0 bridgehead atoms. The molecule has 1 heterocycles. The number of nitrogens with two attached hydrogens (primary N) is 1. The predicted molar refractivity (Wildman–Crippen MR) is 147 cm³/mol. The van der Waals surface area contributed by atoms with Crippen LogP contribution in [0.5, 0.6) is 0 Å². The fraction of sp³-hybridized carbons (Fsp3) is 0.0800. The van der Waals surface area contributed by atoms with Crippen molar-refractivity contribution in [3.8, 4) is 0 Å². The van der Waals surface area contributed by atoms with Gasteiger partial charge in [-0.2, -0.15) is 0 Å². The van der Waals surface area contributed by atoms with Gasteiger partial charge in [-0.15, -0.1) is 0 Å². The van der Waals surface area contributed by atoms with Crippen molar-refractivity contribution < 1.29 is 18.0 Å². The molecule has 36 heavy (non-hydrogen) atoms. The number of carbonyl (C=O) groups is 2. The first kappa shape index (κ1) is 25.8. The lowest BCUT2D eigenvalue weighted by Crippen LogP contribution is -2.33. The van der Waals surface area contributed by atoms with Gasteiger partial charge in [0.25, 0.3) is 5.91 Å². The van der Waals surface area contributed by atoms with Gasteiger partial charge in [0.1, 0.15) is 5.70 Å². The smallest absolute Gasteiger partial charge is 0.283 e. The largest absolute Gasteiger partial charge is 0.325 e. The third kappa shape index (κ3) is 6.11. The van der Waals surface area contributed by atoms with Crippen molar-refractivity contribution in [3.63, 3.8) is 0 Å². The van der Waals surface area contributed by atoms with Crippen LogP contribution in [0.25, 0.3) is 6.08 Å². The summed E-state index contributed by atoms with van der Waals surface area (Å²) in [5.41, 5.74) is 2.12. The zero-order chi connectivity index (χ0) is 25.9. The summed E-state index contributed by atoms with van der Waals surface area (Å²) < 4.78 is 23.7. The molecular weight excluding hydrogens is 564 g/mol. The van der Waals surface area contributed by atoms with Gasteiger partial charge in [0.15, 0.2) is 5.17 Å². The number of hydrogen-bond acceptors (Lipinski definition) is 6. The highest BCUT2D eigenvalue weighted by molar-refractivity contribution is 9.10. The number of thioether (sulfide) groups is 1. The number of amides is 2. The third-order valence-electron chi connectivity index (χ3n) is 5.10. The Bertz CT molecular complexity index is 1470. The molecule has 0 radical (unpaired) electrons. The highest BCUT2D eigenvalue weighted by Gasteiger charge is 2.34. The van der Waals surface area contributed by atoms with Gasteiger partial charge in [-0.05, 0) is 67.1 Å². The summed E-state index contributed by atoms with van der Waals surface area (Å²) in [5.74, 6) is -0.634. The Labute approximate surface area is 221 Å². The Kier molecular flexibility index (Phi) is 7.74. The molecule has 8 nitrogen and oxygen atoms in total. The number of hydrogen-bond donors (Lipinski definition) is 2. The minimum atomic E-state index is -3.83. The summed E-state index contributed by atoms with van der Waals surface area (Å²) in [4.78, 5) is 32.2. The first-order valence-electron chi connectivity index (χ1n) is 10.7. The minimum Gasteiger partial charge on any atom is -0.325 e. The first-order valence-corrected chi connectivity index (χ1v) is 13.9. The second-order valence-electron chi connectivity index (χ2n) is 7.77. The standard InChI is InChI=1S/C25H21BrN4O4S2/c1-16(23(31)28-19-10-12-21(13-11-19)36(27,33)34)35-25-29-22(15-17-6-5-7-18(26)14-17)24(32)30(25)20-8-3-2-4-9-20/h2-16H,1H3,(H,28,31)(H2,27,33,34)/b22-15+. The number of amidine groups is 1. The molecule has 184 valence electrons. The maximum Gasteiger partial charge on any atom is 0.283 e. The highest BCUT2D eigenvalue weighted by Crippen LogP contribution is 2.31. The normalized spacial score (nSPS) is 15.6. The molecule has 2 amide bonds. The van der Waals surface area contributed by atoms with Crippen LogP contribution in [0, 0.1) is 0 Å². The van der Waals surface area contributed by atoms with E-state index in [2.05, 4.69) is 26.2 Å². The van der Waals surface area contributed by atoms with E-state index in [9.17, 15) is 18.0 Å². The van der Waals surface area contributed by atoms with E-state index in [1.807, 2.05) is 42.5 Å². The average molecular weight is 586 g/mol. The summed E-state index contributed by atoms with van der Waals surface area (Å²) in [5, 5.41) is 7.62. The van der Waals surface area contributed by atoms with E-state index in [1.165, 1.54) is 29.2 Å². The van der Waals surface area contributed by atoms with Crippen molar-refractivity contribution in [1.29, 1.82) is 0 Å². The van der Waals surface area contributed by atoms with E-state index in [1.54, 1.807) is 25.1 Å². The van der Waals surface area contributed by atoms with E-state index in [0.29, 0.717) is 16.5 Å². The summed E-state index contributed by atoms with van der Waals surface area (Å²) in [6, 6.07) is 22.2. The van der Waals surface area contributed by atoms with Gasteiger partial charge >= 0.3 is 0 Å². The average Bonchev–Trinajstić information content (AvgIpc) is 3.13. The zero-order valence-corrected chi connectivity index (χ0v) is 22.2. The quantitative estimate of drug-likeness (QED) is 0.410. The van der Waals surface area contributed by atoms with Crippen molar-refractivity contribution in [3.05, 3.63) is 94.6 Å². The lowest BCUT2D eigenvalue weighted by atomic mass is 10.2. The Morgan fingerprint density at radius 3 is 2.42 bits per heavy atom. The van der Waals surface area contributed by atoms with Gasteiger partial charge < -0.3 is 5.32 Å². The van der Waals surface area contributed by atoms with E-state index in [-0.39, 0.29) is 22.4 Å². The predicted octanol–water partition coefficient (Wildman–Crippen LogP) is 4.60. The van der Waals surface area contributed by atoms with Gasteiger partial charge in [0, 0.05) is 10.2 Å². The van der Waals surface area contributed by atoms with Crippen molar-refractivity contribution in [2.75, 3.05) is 10.2 Å². The molecule has 1 aliphatic heterocycles. The lowest BCUT2D eigenvalue weighted by Gasteiger charge is -2.20. The van der Waals surface area contributed by atoms with Crippen LogP contribution in [0.2, 0.25) is 0 Å². The number of halogens is 1. The maximum absolute atomic E-state index is 13.3. The third-order valence-corrected chi connectivity index (χ3v) is 7.57. The summed E-state index contributed by atoms with van der Waals surface area (Å²) >= 11 is 4.57. The van der Waals surface area contributed by atoms with Gasteiger partial charge in [-0.25, -0.2) is 18.5 Å². The second-order valence-corrected chi connectivity index (χ2v) is 11.6. The number of sulfonamides is 1. The van der Waals surface area contributed by atoms with E-state index >= 15 is 0 Å². The summed E-state index contributed by atoms with van der Waals surface area (Å²) in [6.07, 6.45) is 1.70. The van der Waals surface area contributed by atoms with Gasteiger partial charge in [0.2, 0.25) is 15.9 Å². The van der Waals surface area contributed by atoms with Crippen LogP contribution in [-0.2, 0) is 19.6 Å². The van der Waals surface area contributed by atoms with Crippen LogP contribution in [0.3, 0.4) is 0 Å². The number of carbonyl (C=O) groups excluding carboxylic acids is 2. The number of aliphatic imine (C=N–C) groups is 1. The summed E-state index contributed by atoms with van der Waals surface area (Å²) in [7, 11) is -3.83. The van der Waals surface area contributed by atoms with Crippen LogP contribution in [0.15, 0.2) is 98.9 Å². The zero-order valence-electron chi connectivity index (χ0n) is 19.0. The van der Waals surface area contributed by atoms with Crippen LogP contribution < -0.4 is 15.4 Å². The topological polar surface area (TPSA) is 122 Å². The monoisotopic (exact) mass is 584 g/mol. The molecular formula is C25H21BrN4O4S2. The van der Waals surface area contributed by atoms with Crippen molar-refractivity contribution in [1.82, 2.24) is 0 Å². The molecule has 0 saturated carbocycles. The molecule has 0 saturated heterocycles. The second kappa shape index (κ2) is 10.8. The Morgan fingerprint density at radius 1 is 1.08 bits per heavy atom. The number of primary sulfonamides is 1. The first-order chi connectivity index (χ1) is 17.1. The minimum absolute atomic E-state index is 0.0509. The Morgan fingerprint density at radius 2 is 1.78 bits per heavy atom. The van der Waals surface area contributed by atoms with Crippen LogP contribution in [0.1, 0.15) is 12.5 Å². The SMILES string of the molecule is CC(SC1=N/C(=C/c2cccc(Br)c2)C(=O)N1c1ccccc1)C(=O)Nc1ccc(S(N)(=O)=O)cc1. The maximum atomic E-state index is 13.3. The Hall–Kier alpha value is -3.25. The van der Waals surface area contributed by atoms with Crippen LogP contribution in [0.4, 0.5) is 11.4 Å². The van der Waals surface area contributed by atoms with Crippen molar-refractivity contribution >= 4 is 72.1 Å². The number of rotatable bonds is 6. The molecule has 3 aromatic rings. The van der Waals surface area contributed by atoms with E-state index < -0.39 is 15.3 Å². The fourth-order valence-electron chi connectivity index (χ4n) is 3.32. The molecule has 3 N–H and O–H groups in total. The molecule has 0 aromatic heterocycles. The van der Waals surface area contributed by atoms with Crippen molar-refractivity contribution in [2.45, 2.75) is 17.1 Å².